The fourth-order valence-electron chi connectivity index (χ4n) is 0.779. The number of carbonyl (C=O) groups is 3. The van der Waals surface area contributed by atoms with Crippen LogP contribution in [0.15, 0.2) is 12.2 Å². The fourth-order valence-corrected chi connectivity index (χ4v) is 0.779. The summed E-state index contributed by atoms with van der Waals surface area (Å²) in [5.74, 6) is -4.81. The van der Waals surface area contributed by atoms with Gasteiger partial charge in [0, 0.05) is 6.42 Å². The molecule has 0 aromatic heterocycles. The first kappa shape index (κ1) is 15.3. The van der Waals surface area contributed by atoms with Crippen LogP contribution in [0.4, 0.5) is 13.2 Å². The zero-order chi connectivity index (χ0) is 13.6. The zero-order valence-electron chi connectivity index (χ0n) is 8.78. The van der Waals surface area contributed by atoms with Crippen molar-refractivity contribution in [2.45, 2.75) is 25.6 Å². The summed E-state index contributed by atoms with van der Waals surface area (Å²) in [5.41, 5.74) is 5.09. The quantitative estimate of drug-likeness (QED) is 0.447. The molecule has 0 aliphatic heterocycles. The maximum Gasteiger partial charge on any atom is 0.491 e. The highest BCUT2D eigenvalue weighted by atomic mass is 19.4. The number of ketones is 1. The van der Waals surface area contributed by atoms with Crippen LogP contribution in [0, 0.1) is 0 Å². The first-order valence-corrected chi connectivity index (χ1v) is 4.42. The molecule has 0 fully saturated rings. The molecule has 96 valence electrons. The minimum absolute atomic E-state index is 0.533. The summed E-state index contributed by atoms with van der Waals surface area (Å²) in [6.45, 7) is 1.54. The summed E-state index contributed by atoms with van der Waals surface area (Å²) in [7, 11) is 0. The Hall–Kier alpha value is -1.70. The second-order valence-electron chi connectivity index (χ2n) is 2.98. The van der Waals surface area contributed by atoms with Crippen molar-refractivity contribution in [1.82, 2.24) is 0 Å². The molecule has 0 saturated carbocycles. The van der Waals surface area contributed by atoms with Crippen LogP contribution in [0.5, 0.6) is 0 Å². The van der Waals surface area contributed by atoms with E-state index in [1.807, 2.05) is 0 Å². The standard InChI is InChI=1S/C9H10F3NO4/c1-2-3-5(14)4-6(13)7(15)17-8(16)9(10,11)12/h2-3,6H,4,13H2,1H3/b3-2+/t6-/m0/s1. The Balaban J connectivity index is 4.34. The highest BCUT2D eigenvalue weighted by molar-refractivity contribution is 5.96. The van der Waals surface area contributed by atoms with E-state index >= 15 is 0 Å². The van der Waals surface area contributed by atoms with Crippen molar-refractivity contribution < 1.29 is 32.3 Å². The Bertz CT molecular complexity index is 349. The van der Waals surface area contributed by atoms with Gasteiger partial charge in [-0.25, -0.2) is 9.59 Å². The van der Waals surface area contributed by atoms with Crippen LogP contribution >= 0.6 is 0 Å². The highest BCUT2D eigenvalue weighted by Gasteiger charge is 2.43. The largest absolute Gasteiger partial charge is 0.491 e. The second-order valence-corrected chi connectivity index (χ2v) is 2.98. The van der Waals surface area contributed by atoms with Crippen molar-refractivity contribution in [2.75, 3.05) is 0 Å². The highest BCUT2D eigenvalue weighted by Crippen LogP contribution is 2.16. The number of rotatable bonds is 4. The van der Waals surface area contributed by atoms with E-state index in [4.69, 9.17) is 5.73 Å². The van der Waals surface area contributed by atoms with Crippen molar-refractivity contribution in [3.63, 3.8) is 0 Å². The van der Waals surface area contributed by atoms with Gasteiger partial charge in [0.1, 0.15) is 6.04 Å². The summed E-state index contributed by atoms with van der Waals surface area (Å²) < 4.78 is 38.6. The normalized spacial score (nSPS) is 13.5. The van der Waals surface area contributed by atoms with Crippen molar-refractivity contribution in [1.29, 1.82) is 0 Å². The SMILES string of the molecule is C/C=C/C(=O)C[C@H](N)C(=O)OC(=O)C(F)(F)F. The summed E-state index contributed by atoms with van der Waals surface area (Å²) >= 11 is 0. The molecule has 0 aliphatic rings. The van der Waals surface area contributed by atoms with Gasteiger partial charge in [0.05, 0.1) is 0 Å². The maximum atomic E-state index is 11.7. The third kappa shape index (κ3) is 5.81. The molecule has 0 aromatic carbocycles. The Morgan fingerprint density at radius 1 is 1.35 bits per heavy atom. The van der Waals surface area contributed by atoms with E-state index in [1.54, 1.807) is 0 Å². The summed E-state index contributed by atoms with van der Waals surface area (Å²) in [5, 5.41) is 0. The molecule has 2 N–H and O–H groups in total. The van der Waals surface area contributed by atoms with Crippen LogP contribution in [0.1, 0.15) is 13.3 Å². The van der Waals surface area contributed by atoms with Crippen LogP contribution in [0.2, 0.25) is 0 Å². The first-order chi connectivity index (χ1) is 7.68. The molecular weight excluding hydrogens is 243 g/mol. The number of halogens is 3. The lowest BCUT2D eigenvalue weighted by molar-refractivity contribution is -0.202. The Kier molecular flexibility index (Phi) is 5.52. The van der Waals surface area contributed by atoms with Crippen LogP contribution < -0.4 is 5.73 Å². The van der Waals surface area contributed by atoms with Crippen molar-refractivity contribution in [2.24, 2.45) is 5.73 Å². The van der Waals surface area contributed by atoms with Crippen molar-refractivity contribution in [3.8, 4) is 0 Å². The molecule has 17 heavy (non-hydrogen) atoms. The summed E-state index contributed by atoms with van der Waals surface area (Å²) in [6.07, 6.45) is -3.34. The van der Waals surface area contributed by atoms with Crippen molar-refractivity contribution >= 4 is 17.7 Å². The molecule has 0 unspecified atom stereocenters. The molecule has 0 heterocycles. The number of ether oxygens (including phenoxy) is 1. The fraction of sp³-hybridized carbons (Fsp3) is 0.444. The van der Waals surface area contributed by atoms with Gasteiger partial charge in [0.25, 0.3) is 0 Å². The maximum absolute atomic E-state index is 11.7. The molecule has 1 atom stereocenters. The van der Waals surface area contributed by atoms with Gasteiger partial charge in [-0.2, -0.15) is 13.2 Å². The van der Waals surface area contributed by atoms with Crippen LogP contribution in [-0.4, -0.2) is 29.9 Å². The van der Waals surface area contributed by atoms with Gasteiger partial charge in [-0.1, -0.05) is 6.08 Å². The van der Waals surface area contributed by atoms with Gasteiger partial charge in [0.2, 0.25) is 0 Å². The molecule has 0 rings (SSSR count). The van der Waals surface area contributed by atoms with E-state index in [2.05, 4.69) is 4.74 Å². The molecule has 0 saturated heterocycles. The summed E-state index contributed by atoms with van der Waals surface area (Å²) in [6, 6.07) is -1.61. The zero-order valence-corrected chi connectivity index (χ0v) is 8.78. The summed E-state index contributed by atoms with van der Waals surface area (Å²) in [4.78, 5) is 32.1. The van der Waals surface area contributed by atoms with Gasteiger partial charge in [-0.15, -0.1) is 0 Å². The predicted molar refractivity (Wildman–Crippen MR) is 49.6 cm³/mol. The number of allylic oxidation sites excluding steroid dienone is 2. The minimum Gasteiger partial charge on any atom is -0.385 e. The van der Waals surface area contributed by atoms with E-state index < -0.39 is 36.4 Å². The van der Waals surface area contributed by atoms with Gasteiger partial charge < -0.3 is 10.5 Å². The van der Waals surface area contributed by atoms with E-state index in [0.29, 0.717) is 0 Å². The van der Waals surface area contributed by atoms with Gasteiger partial charge >= 0.3 is 18.1 Å². The molecule has 0 radical (unpaired) electrons. The minimum atomic E-state index is -5.28. The molecule has 5 nitrogen and oxygen atoms in total. The molecule has 0 aromatic rings. The smallest absolute Gasteiger partial charge is 0.385 e. The average molecular weight is 253 g/mol. The van der Waals surface area contributed by atoms with E-state index in [9.17, 15) is 27.6 Å². The number of hydrogen-bond donors (Lipinski definition) is 1. The lowest BCUT2D eigenvalue weighted by Crippen LogP contribution is -2.38. The monoisotopic (exact) mass is 253 g/mol. The lowest BCUT2D eigenvalue weighted by atomic mass is 10.1. The Morgan fingerprint density at radius 2 is 1.88 bits per heavy atom. The predicted octanol–water partition coefficient (Wildman–Crippen LogP) is 0.481. The molecule has 0 spiro atoms. The van der Waals surface area contributed by atoms with E-state index in [0.717, 1.165) is 6.08 Å². The van der Waals surface area contributed by atoms with Crippen molar-refractivity contribution in [3.05, 3.63) is 12.2 Å². The number of hydrogen-bond acceptors (Lipinski definition) is 5. The van der Waals surface area contributed by atoms with E-state index in [-0.39, 0.29) is 0 Å². The third-order valence-corrected chi connectivity index (χ3v) is 1.50. The number of carbonyl (C=O) groups excluding carboxylic acids is 3. The topological polar surface area (TPSA) is 86.5 Å². The van der Waals surface area contributed by atoms with Crippen LogP contribution in [0.3, 0.4) is 0 Å². The second kappa shape index (κ2) is 6.14. The molecule has 0 amide bonds. The van der Waals surface area contributed by atoms with Gasteiger partial charge in [-0.3, -0.25) is 4.79 Å². The molecule has 0 bridgehead atoms. The number of alkyl halides is 3. The Morgan fingerprint density at radius 3 is 2.29 bits per heavy atom. The molecular formula is C9H10F3NO4. The molecule has 0 aliphatic carbocycles. The van der Waals surface area contributed by atoms with Crippen LogP contribution in [0.25, 0.3) is 0 Å². The Labute approximate surface area is 94.4 Å². The number of esters is 2. The third-order valence-electron chi connectivity index (χ3n) is 1.50. The van der Waals surface area contributed by atoms with Gasteiger partial charge in [0.15, 0.2) is 5.78 Å². The molecule has 8 heteroatoms. The van der Waals surface area contributed by atoms with Crippen LogP contribution in [-0.2, 0) is 19.1 Å². The average Bonchev–Trinajstić information content (AvgIpc) is 2.16. The van der Waals surface area contributed by atoms with E-state index in [1.165, 1.54) is 13.0 Å². The first-order valence-electron chi connectivity index (χ1n) is 4.42. The number of nitrogens with two attached hydrogens (primary N) is 1. The lowest BCUT2D eigenvalue weighted by Gasteiger charge is -2.09. The van der Waals surface area contributed by atoms with Gasteiger partial charge in [-0.05, 0) is 13.0 Å².